The van der Waals surface area contributed by atoms with Gasteiger partial charge in [-0.3, -0.25) is 9.59 Å². The van der Waals surface area contributed by atoms with E-state index in [0.29, 0.717) is 24.4 Å². The Morgan fingerprint density at radius 3 is 2.61 bits per heavy atom. The predicted octanol–water partition coefficient (Wildman–Crippen LogP) is 3.07. The zero-order valence-electron chi connectivity index (χ0n) is 20.3. The van der Waals surface area contributed by atoms with Gasteiger partial charge in [-0.1, -0.05) is 40.5 Å². The van der Waals surface area contributed by atoms with Crippen LogP contribution in [-0.4, -0.2) is 46.3 Å². The van der Waals surface area contributed by atoms with Crippen molar-refractivity contribution < 1.29 is 19.8 Å². The van der Waals surface area contributed by atoms with E-state index in [2.05, 4.69) is 23.5 Å². The van der Waals surface area contributed by atoms with Gasteiger partial charge in [0.1, 0.15) is 0 Å². The Balaban J connectivity index is 1.99. The maximum atomic E-state index is 12.7. The molecule has 2 aliphatic carbocycles. The molecule has 2 aliphatic rings. The fourth-order valence-electron chi connectivity index (χ4n) is 5.75. The molecule has 0 spiro atoms. The van der Waals surface area contributed by atoms with E-state index in [9.17, 15) is 19.8 Å². The van der Waals surface area contributed by atoms with E-state index >= 15 is 0 Å². The van der Waals surface area contributed by atoms with Crippen LogP contribution in [-0.2, 0) is 16.0 Å². The summed E-state index contributed by atoms with van der Waals surface area (Å²) in [6.07, 6.45) is 7.23. The van der Waals surface area contributed by atoms with E-state index < -0.39 is 11.5 Å². The van der Waals surface area contributed by atoms with E-state index in [1.807, 2.05) is 27.7 Å². The zero-order valence-corrected chi connectivity index (χ0v) is 21.1. The van der Waals surface area contributed by atoms with Crippen LogP contribution in [0.4, 0.5) is 5.13 Å². The second-order valence-electron chi connectivity index (χ2n) is 11.3. The number of anilines is 1. The number of thiazole rings is 1. The Labute approximate surface area is 200 Å². The van der Waals surface area contributed by atoms with E-state index in [4.69, 9.17) is 11.4 Å². The summed E-state index contributed by atoms with van der Waals surface area (Å²) < 4.78 is 0. The third kappa shape index (κ3) is 5.11. The molecular formula is C25H37N3O4S. The van der Waals surface area contributed by atoms with Crippen molar-refractivity contribution in [1.82, 2.24) is 10.3 Å². The Kier molecular flexibility index (Phi) is 7.28. The van der Waals surface area contributed by atoms with Crippen molar-refractivity contribution in [2.75, 3.05) is 18.5 Å². The van der Waals surface area contributed by atoms with Gasteiger partial charge in [0, 0.05) is 29.1 Å². The summed E-state index contributed by atoms with van der Waals surface area (Å²) in [7, 11) is 0. The smallest absolute Gasteiger partial charge is 0.226 e. The van der Waals surface area contributed by atoms with Crippen LogP contribution in [0.2, 0.25) is 0 Å². The average molecular weight is 476 g/mol. The molecule has 0 aliphatic heterocycles. The predicted molar refractivity (Wildman–Crippen MR) is 130 cm³/mol. The molecule has 0 bridgehead atoms. The highest BCUT2D eigenvalue weighted by Crippen LogP contribution is 2.62. The second-order valence-corrected chi connectivity index (χ2v) is 12.4. The van der Waals surface area contributed by atoms with E-state index in [0.717, 1.165) is 17.0 Å². The van der Waals surface area contributed by atoms with Crippen molar-refractivity contribution in [2.24, 2.45) is 22.2 Å². The van der Waals surface area contributed by atoms with Gasteiger partial charge in [-0.25, -0.2) is 4.98 Å². The molecule has 1 aromatic rings. The van der Waals surface area contributed by atoms with Crippen LogP contribution in [0.25, 0.3) is 0 Å². The van der Waals surface area contributed by atoms with Gasteiger partial charge < -0.3 is 20.8 Å². The first-order chi connectivity index (χ1) is 15.3. The molecule has 182 valence electrons. The fraction of sp³-hybridized carbons (Fsp3) is 0.720. The third-order valence-corrected chi connectivity index (χ3v) is 8.62. The molecule has 3 rings (SSSR count). The lowest BCUT2D eigenvalue weighted by molar-refractivity contribution is -0.144. The number of fused-ring (bicyclic) bond motifs is 2. The minimum Gasteiger partial charge on any atom is -0.396 e. The molecule has 4 N–H and O–H groups in total. The number of aliphatic hydroxyl groups is 2. The average Bonchev–Trinajstić information content (AvgIpc) is 3.11. The molecule has 0 aromatic carbocycles. The molecule has 1 aromatic heterocycles. The van der Waals surface area contributed by atoms with Crippen LogP contribution < -0.4 is 10.6 Å². The van der Waals surface area contributed by atoms with Crippen molar-refractivity contribution in [1.29, 1.82) is 0 Å². The van der Waals surface area contributed by atoms with E-state index in [1.54, 1.807) is 0 Å². The standard InChI is InChI=1S/C25H37N3O4S/c1-7-10-26-19(31)11-15-21-16(33-22(28-21)27-20(32)13-23(2,3)4)12-17-24(15,5)9-8-18(30)25(17,6)14-29/h1,15,17-18,29-30H,8-14H2,2-6H3,(H,26,31)(H,27,28,32). The Bertz CT molecular complexity index is 946. The molecule has 8 heteroatoms. The van der Waals surface area contributed by atoms with Gasteiger partial charge in [0.25, 0.3) is 0 Å². The van der Waals surface area contributed by atoms with Crippen LogP contribution >= 0.6 is 11.3 Å². The number of aromatic nitrogens is 1. The van der Waals surface area contributed by atoms with Crippen molar-refractivity contribution in [3.63, 3.8) is 0 Å². The molecule has 0 saturated heterocycles. The van der Waals surface area contributed by atoms with Gasteiger partial charge in [0.2, 0.25) is 11.8 Å². The fourth-order valence-corrected chi connectivity index (χ4v) is 6.84. The van der Waals surface area contributed by atoms with Crippen LogP contribution in [0.15, 0.2) is 0 Å². The molecule has 5 atom stereocenters. The van der Waals surface area contributed by atoms with E-state index in [1.165, 1.54) is 11.3 Å². The SMILES string of the molecule is C#CCNC(=O)CC1c2nc(NC(=O)CC(C)(C)C)sc2CC2C(C)(CO)C(O)CCC12C. The largest absolute Gasteiger partial charge is 0.396 e. The van der Waals surface area contributed by atoms with Crippen LogP contribution in [0, 0.1) is 34.5 Å². The number of hydrogen-bond acceptors (Lipinski definition) is 6. The molecule has 1 fully saturated rings. The first-order valence-corrected chi connectivity index (χ1v) is 12.4. The minimum absolute atomic E-state index is 0.0322. The van der Waals surface area contributed by atoms with Gasteiger partial charge >= 0.3 is 0 Å². The lowest BCUT2D eigenvalue weighted by atomic mass is 9.47. The highest BCUT2D eigenvalue weighted by atomic mass is 32.1. The molecule has 5 unspecified atom stereocenters. The summed E-state index contributed by atoms with van der Waals surface area (Å²) in [6.45, 7) is 10.2. The van der Waals surface area contributed by atoms with Crippen molar-refractivity contribution in [3.8, 4) is 12.3 Å². The number of nitrogens with one attached hydrogen (secondary N) is 2. The quantitative estimate of drug-likeness (QED) is 0.473. The van der Waals surface area contributed by atoms with Crippen LogP contribution in [0.5, 0.6) is 0 Å². The van der Waals surface area contributed by atoms with Crippen LogP contribution in [0.3, 0.4) is 0 Å². The van der Waals surface area contributed by atoms with Crippen molar-refractivity contribution >= 4 is 28.3 Å². The summed E-state index contributed by atoms with van der Waals surface area (Å²) in [6, 6.07) is 0. The Morgan fingerprint density at radius 1 is 1.30 bits per heavy atom. The van der Waals surface area contributed by atoms with Gasteiger partial charge in [0.05, 0.1) is 24.9 Å². The number of nitrogens with zero attached hydrogens (tertiary/aromatic N) is 1. The number of amides is 2. The number of hydrogen-bond donors (Lipinski definition) is 4. The summed E-state index contributed by atoms with van der Waals surface area (Å²) in [5.74, 6) is 1.97. The number of carbonyl (C=O) groups excluding carboxylic acids is 2. The van der Waals surface area contributed by atoms with Crippen molar-refractivity contribution in [2.45, 2.75) is 78.7 Å². The molecular weight excluding hydrogens is 438 g/mol. The Hall–Kier alpha value is -1.95. The third-order valence-electron chi connectivity index (χ3n) is 7.61. The maximum Gasteiger partial charge on any atom is 0.226 e. The Morgan fingerprint density at radius 2 is 2.00 bits per heavy atom. The van der Waals surface area contributed by atoms with Gasteiger partial charge in [-0.15, -0.1) is 17.8 Å². The molecule has 1 saturated carbocycles. The lowest BCUT2D eigenvalue weighted by Gasteiger charge is -2.58. The lowest BCUT2D eigenvalue weighted by Crippen LogP contribution is -2.57. The summed E-state index contributed by atoms with van der Waals surface area (Å²) in [4.78, 5) is 31.1. The van der Waals surface area contributed by atoms with Gasteiger partial charge in [-0.2, -0.15) is 0 Å². The van der Waals surface area contributed by atoms with Crippen molar-refractivity contribution in [3.05, 3.63) is 10.6 Å². The van der Waals surface area contributed by atoms with E-state index in [-0.39, 0.29) is 54.1 Å². The summed E-state index contributed by atoms with van der Waals surface area (Å²) >= 11 is 1.43. The van der Waals surface area contributed by atoms with Crippen LogP contribution in [0.1, 0.15) is 76.8 Å². The maximum absolute atomic E-state index is 12.7. The normalized spacial score (nSPS) is 31.2. The molecule has 33 heavy (non-hydrogen) atoms. The first-order valence-electron chi connectivity index (χ1n) is 11.6. The number of carbonyl (C=O) groups is 2. The number of terminal acetylenes is 1. The number of rotatable bonds is 6. The molecule has 0 radical (unpaired) electrons. The minimum atomic E-state index is -0.683. The molecule has 7 nitrogen and oxygen atoms in total. The second kappa shape index (κ2) is 9.36. The highest BCUT2D eigenvalue weighted by Gasteiger charge is 2.59. The first kappa shape index (κ1) is 25.7. The monoisotopic (exact) mass is 475 g/mol. The highest BCUT2D eigenvalue weighted by molar-refractivity contribution is 7.15. The van der Waals surface area contributed by atoms with Gasteiger partial charge in [0.15, 0.2) is 5.13 Å². The summed E-state index contributed by atoms with van der Waals surface area (Å²) in [5, 5.41) is 27.4. The molecule has 1 heterocycles. The number of aliphatic hydroxyl groups excluding tert-OH is 2. The zero-order chi connectivity index (χ0) is 24.6. The molecule has 2 amide bonds. The summed E-state index contributed by atoms with van der Waals surface area (Å²) in [5.41, 5.74) is -0.312. The topological polar surface area (TPSA) is 112 Å². The van der Waals surface area contributed by atoms with Gasteiger partial charge in [-0.05, 0) is 36.0 Å².